The third-order valence-corrected chi connectivity index (χ3v) is 4.58. The van der Waals surface area contributed by atoms with Crippen molar-refractivity contribution in [2.24, 2.45) is 5.92 Å². The first-order valence-electron chi connectivity index (χ1n) is 6.25. The number of hydrogen-bond acceptors (Lipinski definition) is 1. The fourth-order valence-electron chi connectivity index (χ4n) is 3.18. The number of rotatable bonds is 2. The molecule has 1 aromatic heterocycles. The number of halogens is 1. The van der Waals surface area contributed by atoms with Crippen LogP contribution in [0.4, 0.5) is 0 Å². The van der Waals surface area contributed by atoms with Gasteiger partial charge in [-0.15, -0.1) is 0 Å². The molecule has 3 fully saturated rings. The molecule has 3 nitrogen and oxygen atoms in total. The van der Waals surface area contributed by atoms with Crippen LogP contribution in [0.15, 0.2) is 24.3 Å². The Balaban J connectivity index is 1.65. The third-order valence-electron chi connectivity index (χ3n) is 4.27. The van der Waals surface area contributed by atoms with Crippen LogP contribution in [0.2, 0.25) is 5.02 Å². The van der Waals surface area contributed by atoms with Gasteiger partial charge in [0.25, 0.3) is 5.91 Å². The van der Waals surface area contributed by atoms with Crippen molar-refractivity contribution in [3.05, 3.63) is 35.0 Å². The molecule has 4 heteroatoms. The highest BCUT2D eigenvalue weighted by molar-refractivity contribution is 6.35. The van der Waals surface area contributed by atoms with Gasteiger partial charge in [0.2, 0.25) is 0 Å². The number of carbonyl (C=O) groups excluding carboxylic acids is 1. The van der Waals surface area contributed by atoms with Crippen LogP contribution in [0.5, 0.6) is 0 Å². The smallest absolute Gasteiger partial charge is 0.268 e. The highest BCUT2D eigenvalue weighted by Gasteiger charge is 2.57. The molecule has 3 saturated carbocycles. The first-order valence-corrected chi connectivity index (χ1v) is 6.63. The molecule has 1 aromatic carbocycles. The summed E-state index contributed by atoms with van der Waals surface area (Å²) in [6.45, 7) is 0. The number of nitrogens with one attached hydrogen (secondary N) is 2. The Bertz CT molecular complexity index is 644. The van der Waals surface area contributed by atoms with Crippen LogP contribution in [0.3, 0.4) is 0 Å². The number of aromatic amines is 1. The third kappa shape index (κ3) is 1.34. The van der Waals surface area contributed by atoms with Crippen molar-refractivity contribution >= 4 is 28.4 Å². The molecule has 2 aromatic rings. The van der Waals surface area contributed by atoms with Crippen molar-refractivity contribution in [2.45, 2.75) is 24.8 Å². The molecule has 3 aliphatic rings. The largest absolute Gasteiger partial charge is 0.349 e. The molecule has 3 aliphatic carbocycles. The number of amides is 1. The number of H-pyrrole nitrogens is 1. The van der Waals surface area contributed by atoms with E-state index in [1.165, 1.54) is 0 Å². The van der Waals surface area contributed by atoms with Gasteiger partial charge in [-0.25, -0.2) is 0 Å². The number of fused-ring (bicyclic) bond motifs is 1. The van der Waals surface area contributed by atoms with Crippen molar-refractivity contribution < 1.29 is 4.79 Å². The first-order chi connectivity index (χ1) is 8.65. The zero-order valence-corrected chi connectivity index (χ0v) is 10.6. The van der Waals surface area contributed by atoms with Gasteiger partial charge in [-0.1, -0.05) is 23.7 Å². The summed E-state index contributed by atoms with van der Waals surface area (Å²) in [4.78, 5) is 15.3. The maximum Gasteiger partial charge on any atom is 0.268 e. The molecule has 92 valence electrons. The second-order valence-electron chi connectivity index (χ2n) is 5.60. The molecule has 0 spiro atoms. The van der Waals surface area contributed by atoms with E-state index >= 15 is 0 Å². The normalized spacial score (nSPS) is 28.6. The maximum atomic E-state index is 12.2. The van der Waals surface area contributed by atoms with E-state index in [0.717, 1.165) is 36.1 Å². The highest BCUT2D eigenvalue weighted by atomic mass is 35.5. The van der Waals surface area contributed by atoms with Gasteiger partial charge < -0.3 is 10.3 Å². The summed E-state index contributed by atoms with van der Waals surface area (Å²) in [5.74, 6) is 0.850. The minimum atomic E-state index is -0.0135. The van der Waals surface area contributed by atoms with Crippen molar-refractivity contribution in [3.8, 4) is 0 Å². The Hall–Kier alpha value is -1.48. The van der Waals surface area contributed by atoms with Crippen LogP contribution in [0.25, 0.3) is 10.9 Å². The quantitative estimate of drug-likeness (QED) is 0.856. The molecular formula is C14H13ClN2O. The zero-order chi connectivity index (χ0) is 12.3. The number of benzene rings is 1. The molecule has 1 heterocycles. The Morgan fingerprint density at radius 3 is 2.78 bits per heavy atom. The topological polar surface area (TPSA) is 44.9 Å². The van der Waals surface area contributed by atoms with Gasteiger partial charge in [-0.3, -0.25) is 4.79 Å². The van der Waals surface area contributed by atoms with E-state index in [1.807, 2.05) is 24.3 Å². The van der Waals surface area contributed by atoms with Crippen LogP contribution < -0.4 is 5.32 Å². The lowest BCUT2D eigenvalue weighted by Crippen LogP contribution is -2.68. The van der Waals surface area contributed by atoms with Gasteiger partial charge in [-0.05, 0) is 37.3 Å². The van der Waals surface area contributed by atoms with E-state index in [0.29, 0.717) is 10.7 Å². The van der Waals surface area contributed by atoms with Crippen LogP contribution >= 0.6 is 11.6 Å². The van der Waals surface area contributed by atoms with Crippen molar-refractivity contribution in [2.75, 3.05) is 0 Å². The van der Waals surface area contributed by atoms with Crippen molar-refractivity contribution in [1.82, 2.24) is 10.3 Å². The van der Waals surface area contributed by atoms with Crippen LogP contribution in [-0.4, -0.2) is 16.4 Å². The molecule has 0 atom stereocenters. The zero-order valence-electron chi connectivity index (χ0n) is 9.79. The summed E-state index contributed by atoms with van der Waals surface area (Å²) < 4.78 is 0. The molecule has 5 rings (SSSR count). The second-order valence-corrected chi connectivity index (χ2v) is 6.01. The summed E-state index contributed by atoms with van der Waals surface area (Å²) in [5.41, 5.74) is 1.55. The van der Waals surface area contributed by atoms with E-state index in [4.69, 9.17) is 11.6 Å². The summed E-state index contributed by atoms with van der Waals surface area (Å²) in [7, 11) is 0. The van der Waals surface area contributed by atoms with Crippen LogP contribution in [0.1, 0.15) is 29.8 Å². The molecule has 0 unspecified atom stereocenters. The van der Waals surface area contributed by atoms with E-state index in [2.05, 4.69) is 10.3 Å². The molecule has 1 amide bonds. The standard InChI is InChI=1S/C14H13ClN2O/c15-10-3-1-2-9-4-11(16-12(9)10)13(18)17-14-5-8(6-14)7-14/h1-4,8,16H,5-7H2,(H,17,18). The molecule has 2 N–H and O–H groups in total. The summed E-state index contributed by atoms with van der Waals surface area (Å²) in [6.07, 6.45) is 3.46. The molecule has 2 bridgehead atoms. The van der Waals surface area contributed by atoms with Gasteiger partial charge in [0.15, 0.2) is 0 Å². The van der Waals surface area contributed by atoms with Crippen LogP contribution in [-0.2, 0) is 0 Å². The maximum absolute atomic E-state index is 12.2. The number of aromatic nitrogens is 1. The van der Waals surface area contributed by atoms with Gasteiger partial charge in [0.1, 0.15) is 5.69 Å². The Labute approximate surface area is 110 Å². The average Bonchev–Trinajstić information content (AvgIpc) is 2.66. The Kier molecular flexibility index (Phi) is 1.91. The van der Waals surface area contributed by atoms with Gasteiger partial charge >= 0.3 is 0 Å². The summed E-state index contributed by atoms with van der Waals surface area (Å²) in [5, 5.41) is 4.77. The number of carbonyl (C=O) groups is 1. The Morgan fingerprint density at radius 2 is 2.17 bits per heavy atom. The predicted molar refractivity (Wildman–Crippen MR) is 70.8 cm³/mol. The van der Waals surface area contributed by atoms with Gasteiger partial charge in [0.05, 0.1) is 10.5 Å². The van der Waals surface area contributed by atoms with Crippen molar-refractivity contribution in [3.63, 3.8) is 0 Å². The second kappa shape index (κ2) is 3.29. The minimum Gasteiger partial charge on any atom is -0.349 e. The van der Waals surface area contributed by atoms with E-state index in [1.54, 1.807) is 0 Å². The van der Waals surface area contributed by atoms with E-state index in [9.17, 15) is 4.79 Å². The fourth-order valence-corrected chi connectivity index (χ4v) is 3.41. The predicted octanol–water partition coefficient (Wildman–Crippen LogP) is 3.10. The minimum absolute atomic E-state index is 0.0135. The van der Waals surface area contributed by atoms with E-state index < -0.39 is 0 Å². The van der Waals surface area contributed by atoms with E-state index in [-0.39, 0.29) is 11.4 Å². The molecular weight excluding hydrogens is 248 g/mol. The Morgan fingerprint density at radius 1 is 1.39 bits per heavy atom. The lowest BCUT2D eigenvalue weighted by molar-refractivity contribution is -0.0439. The fraction of sp³-hybridized carbons (Fsp3) is 0.357. The highest BCUT2D eigenvalue weighted by Crippen LogP contribution is 2.56. The lowest BCUT2D eigenvalue weighted by Gasteiger charge is -2.61. The van der Waals surface area contributed by atoms with Gasteiger partial charge in [0, 0.05) is 10.9 Å². The first kappa shape index (κ1) is 10.4. The van der Waals surface area contributed by atoms with Gasteiger partial charge in [-0.2, -0.15) is 0 Å². The molecule has 0 saturated heterocycles. The summed E-state index contributed by atoms with van der Waals surface area (Å²) >= 11 is 6.09. The monoisotopic (exact) mass is 260 g/mol. The molecule has 0 radical (unpaired) electrons. The van der Waals surface area contributed by atoms with Crippen molar-refractivity contribution in [1.29, 1.82) is 0 Å². The molecule has 0 aliphatic heterocycles. The van der Waals surface area contributed by atoms with Crippen LogP contribution in [0, 0.1) is 5.92 Å². The molecule has 18 heavy (non-hydrogen) atoms. The summed E-state index contributed by atoms with van der Waals surface area (Å²) in [6, 6.07) is 7.53. The SMILES string of the molecule is O=C(NC12CC(C1)C2)c1cc2cccc(Cl)c2[nH]1. The number of hydrogen-bond donors (Lipinski definition) is 2. The average molecular weight is 261 g/mol. The number of para-hydroxylation sites is 1. The lowest BCUT2D eigenvalue weighted by atomic mass is 9.50.